The van der Waals surface area contributed by atoms with Gasteiger partial charge in [0, 0.05) is 30.4 Å². The summed E-state index contributed by atoms with van der Waals surface area (Å²) in [6.07, 6.45) is 0.963. The number of ether oxygens (including phenoxy) is 1. The molecule has 0 spiro atoms. The molecule has 1 aromatic carbocycles. The SMILES string of the molecule is CCOc1cc(C(C)=O)c2c(c1)N(CC)CC2. The van der Waals surface area contributed by atoms with Crippen molar-refractivity contribution < 1.29 is 9.53 Å². The van der Waals surface area contributed by atoms with Crippen LogP contribution in [0.15, 0.2) is 12.1 Å². The maximum Gasteiger partial charge on any atom is 0.160 e. The van der Waals surface area contributed by atoms with Gasteiger partial charge in [-0.1, -0.05) is 0 Å². The second-order valence-corrected chi connectivity index (χ2v) is 4.29. The van der Waals surface area contributed by atoms with E-state index in [0.29, 0.717) is 6.61 Å². The summed E-state index contributed by atoms with van der Waals surface area (Å²) in [6.45, 7) is 8.32. The first kappa shape index (κ1) is 12.0. The van der Waals surface area contributed by atoms with Gasteiger partial charge in [0.25, 0.3) is 0 Å². The number of carbonyl (C=O) groups is 1. The summed E-state index contributed by atoms with van der Waals surface area (Å²) in [5, 5.41) is 0. The van der Waals surface area contributed by atoms with Crippen LogP contribution in [0.25, 0.3) is 0 Å². The van der Waals surface area contributed by atoms with E-state index in [4.69, 9.17) is 4.74 Å². The number of carbonyl (C=O) groups excluding carboxylic acids is 1. The maximum absolute atomic E-state index is 11.7. The minimum absolute atomic E-state index is 0.126. The average molecular weight is 233 g/mol. The number of likely N-dealkylation sites (N-methyl/N-ethyl adjacent to an activating group) is 1. The second-order valence-electron chi connectivity index (χ2n) is 4.29. The van der Waals surface area contributed by atoms with Gasteiger partial charge in [-0.25, -0.2) is 0 Å². The van der Waals surface area contributed by atoms with Gasteiger partial charge in [-0.2, -0.15) is 0 Å². The number of Topliss-reactive ketones (excluding diaryl/α,β-unsaturated/α-hetero) is 1. The highest BCUT2D eigenvalue weighted by atomic mass is 16.5. The summed E-state index contributed by atoms with van der Waals surface area (Å²) in [4.78, 5) is 14.0. The van der Waals surface area contributed by atoms with E-state index in [1.54, 1.807) is 6.92 Å². The molecule has 0 saturated carbocycles. The van der Waals surface area contributed by atoms with E-state index in [0.717, 1.165) is 30.8 Å². The van der Waals surface area contributed by atoms with Crippen LogP contribution in [-0.2, 0) is 6.42 Å². The van der Waals surface area contributed by atoms with Gasteiger partial charge in [0.2, 0.25) is 0 Å². The van der Waals surface area contributed by atoms with Crippen molar-refractivity contribution in [1.29, 1.82) is 0 Å². The van der Waals surface area contributed by atoms with Gasteiger partial charge >= 0.3 is 0 Å². The van der Waals surface area contributed by atoms with Crippen molar-refractivity contribution in [2.45, 2.75) is 27.2 Å². The molecule has 1 aliphatic heterocycles. The van der Waals surface area contributed by atoms with Gasteiger partial charge in [0.05, 0.1) is 6.61 Å². The van der Waals surface area contributed by atoms with Crippen LogP contribution < -0.4 is 9.64 Å². The highest BCUT2D eigenvalue weighted by Gasteiger charge is 2.23. The van der Waals surface area contributed by atoms with Gasteiger partial charge in [0.1, 0.15) is 5.75 Å². The normalized spacial score (nSPS) is 13.7. The molecule has 0 fully saturated rings. The quantitative estimate of drug-likeness (QED) is 0.749. The molecule has 0 N–H and O–H groups in total. The fraction of sp³-hybridized carbons (Fsp3) is 0.500. The lowest BCUT2D eigenvalue weighted by Crippen LogP contribution is -2.19. The molecule has 1 aliphatic rings. The van der Waals surface area contributed by atoms with Crippen LogP contribution in [0.4, 0.5) is 5.69 Å². The van der Waals surface area contributed by atoms with E-state index in [1.165, 1.54) is 11.3 Å². The highest BCUT2D eigenvalue weighted by molar-refractivity contribution is 5.98. The van der Waals surface area contributed by atoms with Crippen LogP contribution in [0.5, 0.6) is 5.75 Å². The van der Waals surface area contributed by atoms with Crippen molar-refractivity contribution in [2.24, 2.45) is 0 Å². The van der Waals surface area contributed by atoms with Crippen LogP contribution in [0.3, 0.4) is 0 Å². The van der Waals surface area contributed by atoms with E-state index >= 15 is 0 Å². The number of fused-ring (bicyclic) bond motifs is 1. The first-order valence-electron chi connectivity index (χ1n) is 6.23. The fourth-order valence-electron chi connectivity index (χ4n) is 2.44. The first-order valence-corrected chi connectivity index (χ1v) is 6.23. The predicted molar refractivity (Wildman–Crippen MR) is 69.2 cm³/mol. The maximum atomic E-state index is 11.7. The Kier molecular flexibility index (Phi) is 3.36. The first-order chi connectivity index (χ1) is 8.17. The summed E-state index contributed by atoms with van der Waals surface area (Å²) in [5.41, 5.74) is 3.17. The van der Waals surface area contributed by atoms with Crippen LogP contribution >= 0.6 is 0 Å². The minimum atomic E-state index is 0.126. The third kappa shape index (κ3) is 2.14. The van der Waals surface area contributed by atoms with Crippen molar-refractivity contribution in [3.8, 4) is 5.75 Å². The molecule has 2 rings (SSSR count). The van der Waals surface area contributed by atoms with Crippen molar-refractivity contribution >= 4 is 11.5 Å². The number of hydrogen-bond donors (Lipinski definition) is 0. The van der Waals surface area contributed by atoms with Crippen molar-refractivity contribution in [1.82, 2.24) is 0 Å². The molecule has 0 saturated heterocycles. The smallest absolute Gasteiger partial charge is 0.160 e. The molecular weight excluding hydrogens is 214 g/mol. The summed E-state index contributed by atoms with van der Waals surface area (Å²) in [7, 11) is 0. The molecule has 92 valence electrons. The molecular formula is C14H19NO2. The third-order valence-electron chi connectivity index (χ3n) is 3.24. The van der Waals surface area contributed by atoms with Crippen LogP contribution in [0, 0.1) is 0 Å². The number of benzene rings is 1. The molecule has 0 bridgehead atoms. The lowest BCUT2D eigenvalue weighted by molar-refractivity contribution is 0.101. The molecule has 3 heteroatoms. The molecule has 0 radical (unpaired) electrons. The topological polar surface area (TPSA) is 29.5 Å². The number of rotatable bonds is 4. The van der Waals surface area contributed by atoms with Crippen LogP contribution in [-0.4, -0.2) is 25.5 Å². The average Bonchev–Trinajstić information content (AvgIpc) is 2.71. The van der Waals surface area contributed by atoms with Crippen molar-refractivity contribution in [2.75, 3.05) is 24.6 Å². The van der Waals surface area contributed by atoms with E-state index in [1.807, 2.05) is 13.0 Å². The summed E-state index contributed by atoms with van der Waals surface area (Å²) < 4.78 is 5.54. The van der Waals surface area contributed by atoms with Crippen molar-refractivity contribution in [3.63, 3.8) is 0 Å². The minimum Gasteiger partial charge on any atom is -0.494 e. The van der Waals surface area contributed by atoms with Crippen molar-refractivity contribution in [3.05, 3.63) is 23.3 Å². The van der Waals surface area contributed by atoms with Gasteiger partial charge in [-0.15, -0.1) is 0 Å². The Balaban J connectivity index is 2.50. The Morgan fingerprint density at radius 3 is 2.76 bits per heavy atom. The van der Waals surface area contributed by atoms with Gasteiger partial charge in [-0.05, 0) is 38.8 Å². The molecule has 0 amide bonds. The summed E-state index contributed by atoms with van der Waals surface area (Å²) >= 11 is 0. The molecule has 17 heavy (non-hydrogen) atoms. The van der Waals surface area contributed by atoms with Gasteiger partial charge < -0.3 is 9.64 Å². The Labute approximate surface area is 102 Å². The van der Waals surface area contributed by atoms with E-state index in [2.05, 4.69) is 17.9 Å². The van der Waals surface area contributed by atoms with E-state index in [-0.39, 0.29) is 5.78 Å². The lowest BCUT2D eigenvalue weighted by atomic mass is 10.0. The monoisotopic (exact) mass is 233 g/mol. The second kappa shape index (κ2) is 4.78. The largest absolute Gasteiger partial charge is 0.494 e. The number of nitrogens with zero attached hydrogens (tertiary/aromatic N) is 1. The Hall–Kier alpha value is -1.51. The molecule has 3 nitrogen and oxygen atoms in total. The lowest BCUT2D eigenvalue weighted by Gasteiger charge is -2.18. The molecule has 1 aromatic rings. The zero-order valence-electron chi connectivity index (χ0n) is 10.7. The predicted octanol–water partition coefficient (Wildman–Crippen LogP) is 2.67. The van der Waals surface area contributed by atoms with Gasteiger partial charge in [0.15, 0.2) is 5.78 Å². The van der Waals surface area contributed by atoms with E-state index in [9.17, 15) is 4.79 Å². The number of ketones is 1. The van der Waals surface area contributed by atoms with E-state index < -0.39 is 0 Å². The zero-order valence-corrected chi connectivity index (χ0v) is 10.7. The summed E-state index contributed by atoms with van der Waals surface area (Å²) in [5.74, 6) is 0.928. The number of hydrogen-bond acceptors (Lipinski definition) is 3. The molecule has 0 unspecified atom stereocenters. The highest BCUT2D eigenvalue weighted by Crippen LogP contribution is 2.35. The molecule has 0 aromatic heterocycles. The Morgan fingerprint density at radius 2 is 2.18 bits per heavy atom. The fourth-order valence-corrected chi connectivity index (χ4v) is 2.44. The zero-order chi connectivity index (χ0) is 12.4. The Bertz CT molecular complexity index is 440. The van der Waals surface area contributed by atoms with Crippen LogP contribution in [0.1, 0.15) is 36.7 Å². The summed E-state index contributed by atoms with van der Waals surface area (Å²) in [6, 6.07) is 3.94. The number of anilines is 1. The molecule has 1 heterocycles. The molecule has 0 aliphatic carbocycles. The standard InChI is InChI=1S/C14H19NO2/c1-4-15-7-6-12-13(10(3)16)8-11(17-5-2)9-14(12)15/h8-9H,4-7H2,1-3H3. The van der Waals surface area contributed by atoms with Crippen LogP contribution in [0.2, 0.25) is 0 Å². The van der Waals surface area contributed by atoms with Gasteiger partial charge in [-0.3, -0.25) is 4.79 Å². The Morgan fingerprint density at radius 1 is 1.41 bits per heavy atom. The third-order valence-corrected chi connectivity index (χ3v) is 3.24. The molecule has 0 atom stereocenters.